The highest BCUT2D eigenvalue weighted by atomic mass is 32.1. The molecule has 39 heavy (non-hydrogen) atoms. The third-order valence-corrected chi connectivity index (χ3v) is 7.68. The van der Waals surface area contributed by atoms with Gasteiger partial charge in [0.25, 0.3) is 17.7 Å². The van der Waals surface area contributed by atoms with Gasteiger partial charge in [-0.2, -0.15) is 0 Å². The molecule has 1 unspecified atom stereocenters. The Labute approximate surface area is 228 Å². The fourth-order valence-electron chi connectivity index (χ4n) is 4.52. The monoisotopic (exact) mass is 545 g/mol. The number of carbonyl (C=O) groups is 3. The number of aryl methyl sites for hydroxylation is 1. The molecule has 3 heterocycles. The molecule has 0 radical (unpaired) electrons. The summed E-state index contributed by atoms with van der Waals surface area (Å²) in [6.07, 6.45) is -0.00725. The van der Waals surface area contributed by atoms with Crippen molar-refractivity contribution in [1.82, 2.24) is 25.9 Å². The number of likely N-dealkylation sites (tertiary alicyclic amines) is 1. The second-order valence-corrected chi connectivity index (χ2v) is 10.1. The Balaban J connectivity index is 1.16. The van der Waals surface area contributed by atoms with Gasteiger partial charge in [0.15, 0.2) is 6.10 Å². The Kier molecular flexibility index (Phi) is 7.80. The number of aliphatic hydroxyl groups is 1. The van der Waals surface area contributed by atoms with Gasteiger partial charge < -0.3 is 14.5 Å². The van der Waals surface area contributed by atoms with Crippen molar-refractivity contribution in [3.05, 3.63) is 93.6 Å². The summed E-state index contributed by atoms with van der Waals surface area (Å²) in [5.41, 5.74) is 6.98. The van der Waals surface area contributed by atoms with Crippen LogP contribution in [0.15, 0.2) is 70.6 Å². The van der Waals surface area contributed by atoms with E-state index in [9.17, 15) is 19.5 Å². The zero-order valence-electron chi connectivity index (χ0n) is 21.2. The second-order valence-electron chi connectivity index (χ2n) is 9.22. The molecular formula is C28H27N5O5S. The van der Waals surface area contributed by atoms with E-state index in [-0.39, 0.29) is 17.5 Å². The van der Waals surface area contributed by atoms with Crippen LogP contribution in [-0.2, 0) is 4.79 Å². The first-order valence-corrected chi connectivity index (χ1v) is 13.4. The summed E-state index contributed by atoms with van der Waals surface area (Å²) < 4.78 is 5.36. The molecule has 3 amide bonds. The van der Waals surface area contributed by atoms with Gasteiger partial charge in [-0.3, -0.25) is 25.2 Å². The number of aliphatic hydroxyl groups excluding tert-OH is 1. The lowest BCUT2D eigenvalue weighted by Crippen LogP contribution is -2.44. The van der Waals surface area contributed by atoms with E-state index in [2.05, 4.69) is 21.0 Å². The van der Waals surface area contributed by atoms with Crippen LogP contribution in [0, 0.1) is 6.92 Å². The molecule has 3 N–H and O–H groups in total. The first kappa shape index (κ1) is 26.3. The van der Waals surface area contributed by atoms with Crippen LogP contribution in [-0.4, -0.2) is 51.0 Å². The molecule has 1 atom stereocenters. The fourth-order valence-corrected chi connectivity index (χ4v) is 5.49. The Hall–Kier alpha value is -4.35. The average Bonchev–Trinajstić information content (AvgIpc) is 3.63. The largest absolute Gasteiger partial charge is 0.378 e. The minimum Gasteiger partial charge on any atom is -0.378 e. The second kappa shape index (κ2) is 11.6. The van der Waals surface area contributed by atoms with Crippen LogP contribution in [0.2, 0.25) is 0 Å². The highest BCUT2D eigenvalue weighted by Crippen LogP contribution is 2.32. The topological polar surface area (TPSA) is 138 Å². The first-order valence-electron chi connectivity index (χ1n) is 12.5. The van der Waals surface area contributed by atoms with Gasteiger partial charge in [0.2, 0.25) is 0 Å². The van der Waals surface area contributed by atoms with Gasteiger partial charge in [0.05, 0.1) is 5.01 Å². The summed E-state index contributed by atoms with van der Waals surface area (Å²) in [7, 11) is 0. The lowest BCUT2D eigenvalue weighted by molar-refractivity contribution is -0.130. The van der Waals surface area contributed by atoms with Crippen LogP contribution in [0.5, 0.6) is 0 Å². The highest BCUT2D eigenvalue weighted by molar-refractivity contribution is 7.09. The van der Waals surface area contributed by atoms with E-state index in [0.717, 1.165) is 10.6 Å². The van der Waals surface area contributed by atoms with E-state index in [1.165, 1.54) is 11.3 Å². The molecule has 1 saturated heterocycles. The number of carbonyl (C=O) groups excluding carboxylic acids is 3. The van der Waals surface area contributed by atoms with Gasteiger partial charge in [-0.15, -0.1) is 11.3 Å². The normalized spacial score (nSPS) is 14.6. The number of nitrogens with zero attached hydrogens (tertiary/aromatic N) is 3. The molecule has 5 rings (SSSR count). The number of piperidine rings is 1. The van der Waals surface area contributed by atoms with Gasteiger partial charge in [-0.05, 0) is 25.3 Å². The molecule has 1 aliphatic rings. The number of hydrogen-bond donors (Lipinski definition) is 3. The minimum atomic E-state index is -1.41. The lowest BCUT2D eigenvalue weighted by Gasteiger charge is -2.31. The summed E-state index contributed by atoms with van der Waals surface area (Å²) in [5.74, 6) is -0.846. The number of aromatic nitrogens is 2. The van der Waals surface area contributed by atoms with Crippen molar-refractivity contribution in [2.24, 2.45) is 0 Å². The van der Waals surface area contributed by atoms with E-state index in [1.807, 2.05) is 30.3 Å². The predicted octanol–water partition coefficient (Wildman–Crippen LogP) is 3.62. The van der Waals surface area contributed by atoms with Gasteiger partial charge in [0.1, 0.15) is 22.7 Å². The quantitative estimate of drug-likeness (QED) is 0.315. The zero-order valence-corrected chi connectivity index (χ0v) is 22.0. The van der Waals surface area contributed by atoms with Crippen molar-refractivity contribution in [3.8, 4) is 11.3 Å². The van der Waals surface area contributed by atoms with Gasteiger partial charge in [0, 0.05) is 30.0 Å². The summed E-state index contributed by atoms with van der Waals surface area (Å²) in [6, 6.07) is 17.9. The van der Waals surface area contributed by atoms with E-state index in [4.69, 9.17) is 4.52 Å². The summed E-state index contributed by atoms with van der Waals surface area (Å²) >= 11 is 1.37. The molecule has 11 heteroatoms. The van der Waals surface area contributed by atoms with Gasteiger partial charge >= 0.3 is 0 Å². The minimum absolute atomic E-state index is 0.104. The third kappa shape index (κ3) is 5.74. The van der Waals surface area contributed by atoms with Crippen molar-refractivity contribution in [2.45, 2.75) is 31.8 Å². The first-order chi connectivity index (χ1) is 18.9. The van der Waals surface area contributed by atoms with E-state index >= 15 is 0 Å². The van der Waals surface area contributed by atoms with Crippen LogP contribution >= 0.6 is 11.3 Å². The molecule has 0 bridgehead atoms. The van der Waals surface area contributed by atoms with Crippen molar-refractivity contribution in [2.75, 3.05) is 13.1 Å². The highest BCUT2D eigenvalue weighted by Gasteiger charge is 2.31. The smallest absolute Gasteiger partial charge is 0.289 e. The van der Waals surface area contributed by atoms with Crippen LogP contribution < -0.4 is 10.9 Å². The molecule has 0 spiro atoms. The molecule has 2 aromatic carbocycles. The SMILES string of the molecule is Cc1onc(-c2ccccc2)c1C(=O)N1CCC(c2nc(C(=O)NNC(=O)C(O)c3ccccc3)cs2)CC1. The van der Waals surface area contributed by atoms with E-state index in [1.54, 1.807) is 47.5 Å². The van der Waals surface area contributed by atoms with Crippen LogP contribution in [0.25, 0.3) is 11.3 Å². The van der Waals surface area contributed by atoms with Gasteiger partial charge in [-0.1, -0.05) is 65.8 Å². The molecule has 1 fully saturated rings. The molecule has 1 aliphatic heterocycles. The van der Waals surface area contributed by atoms with Crippen molar-refractivity contribution < 1.29 is 24.0 Å². The standard InChI is InChI=1S/C28H27N5O5S/c1-17-22(23(32-38-17)18-8-4-2-5-9-18)28(37)33-14-12-20(13-15-33)27-29-21(16-39-27)25(35)30-31-26(36)24(34)19-10-6-3-7-11-19/h2-11,16,20,24,34H,12-15H2,1H3,(H,30,35)(H,31,36). The number of amides is 3. The number of thiazole rings is 1. The summed E-state index contributed by atoms with van der Waals surface area (Å²) in [5, 5.41) is 16.7. The van der Waals surface area contributed by atoms with Crippen LogP contribution in [0.3, 0.4) is 0 Å². The molecule has 0 saturated carbocycles. The van der Waals surface area contributed by atoms with Gasteiger partial charge in [-0.25, -0.2) is 4.98 Å². The number of hydrogen-bond acceptors (Lipinski definition) is 8. The number of rotatable bonds is 6. The van der Waals surface area contributed by atoms with Crippen LogP contribution in [0.1, 0.15) is 62.0 Å². The summed E-state index contributed by atoms with van der Waals surface area (Å²) in [4.78, 5) is 44.4. The van der Waals surface area contributed by atoms with E-state index < -0.39 is 17.9 Å². The van der Waals surface area contributed by atoms with Crippen molar-refractivity contribution in [1.29, 1.82) is 0 Å². The summed E-state index contributed by atoms with van der Waals surface area (Å²) in [6.45, 7) is 2.82. The molecule has 0 aliphatic carbocycles. The number of nitrogens with one attached hydrogen (secondary N) is 2. The maximum absolute atomic E-state index is 13.4. The van der Waals surface area contributed by atoms with Crippen molar-refractivity contribution >= 4 is 29.1 Å². The molecule has 4 aromatic rings. The molecule has 10 nitrogen and oxygen atoms in total. The molecule has 200 valence electrons. The number of hydrazine groups is 1. The Morgan fingerprint density at radius 1 is 1.03 bits per heavy atom. The molecule has 2 aromatic heterocycles. The van der Waals surface area contributed by atoms with Crippen LogP contribution in [0.4, 0.5) is 0 Å². The Morgan fingerprint density at radius 2 is 1.69 bits per heavy atom. The van der Waals surface area contributed by atoms with E-state index in [0.29, 0.717) is 48.5 Å². The van der Waals surface area contributed by atoms with Crippen molar-refractivity contribution in [3.63, 3.8) is 0 Å². The maximum atomic E-state index is 13.4. The predicted molar refractivity (Wildman–Crippen MR) is 144 cm³/mol. The third-order valence-electron chi connectivity index (χ3n) is 6.67. The average molecular weight is 546 g/mol. The zero-order chi connectivity index (χ0) is 27.4. The molecular weight excluding hydrogens is 518 g/mol. The Morgan fingerprint density at radius 3 is 2.38 bits per heavy atom. The fraction of sp³-hybridized carbons (Fsp3) is 0.250. The Bertz CT molecular complexity index is 1460. The maximum Gasteiger partial charge on any atom is 0.289 e. The number of benzene rings is 2. The lowest BCUT2D eigenvalue weighted by atomic mass is 9.96.